The van der Waals surface area contributed by atoms with Gasteiger partial charge in [-0.3, -0.25) is 9.59 Å². The number of alkyl halides is 1. The van der Waals surface area contributed by atoms with Crippen LogP contribution in [-0.4, -0.2) is 27.5 Å². The molecule has 1 aliphatic carbocycles. The van der Waals surface area contributed by atoms with Crippen LogP contribution < -0.4 is 5.73 Å². The zero-order chi connectivity index (χ0) is 16.7. The van der Waals surface area contributed by atoms with Crippen LogP contribution in [0.1, 0.15) is 24.5 Å². The van der Waals surface area contributed by atoms with Gasteiger partial charge in [0.05, 0.1) is 5.38 Å². The van der Waals surface area contributed by atoms with E-state index in [0.29, 0.717) is 16.8 Å². The van der Waals surface area contributed by atoms with Crippen LogP contribution in [0.25, 0.3) is 0 Å². The highest BCUT2D eigenvalue weighted by Crippen LogP contribution is 2.49. The second-order valence-electron chi connectivity index (χ2n) is 5.91. The van der Waals surface area contributed by atoms with Crippen LogP contribution in [0.5, 0.6) is 0 Å². The summed E-state index contributed by atoms with van der Waals surface area (Å²) in [6.07, 6.45) is 3.16. The number of carbonyl (C=O) groups is 2. The first-order valence-electron chi connectivity index (χ1n) is 6.81. The Kier molecular flexibility index (Phi) is 3.96. The van der Waals surface area contributed by atoms with Gasteiger partial charge in [0, 0.05) is 5.69 Å². The molecule has 0 fully saturated rings. The van der Waals surface area contributed by atoms with E-state index < -0.39 is 28.1 Å². The van der Waals surface area contributed by atoms with Crippen LogP contribution in [0.2, 0.25) is 0 Å². The van der Waals surface area contributed by atoms with Crippen molar-refractivity contribution in [3.63, 3.8) is 0 Å². The van der Waals surface area contributed by atoms with Gasteiger partial charge in [0.1, 0.15) is 10.8 Å². The number of aryl methyl sites for hydroxylation is 1. The highest BCUT2D eigenvalue weighted by atomic mass is 35.5. The number of nitrogen functional groups attached to an aromatic ring is 1. The van der Waals surface area contributed by atoms with E-state index in [-0.39, 0.29) is 6.42 Å². The fourth-order valence-electron chi connectivity index (χ4n) is 3.05. The molecular formula is C16H18ClNO4. The molecule has 0 aromatic heterocycles. The standard InChI is InChI=1S/C16H18ClNO4/c1-9-4-5-10(18)8-11(9)16(14(21)22)7-3-6-15(2,12(16)17)13(19)20/h3-6,8,12H,7,18H2,1-2H3,(H,19,20)(H,21,22). The third kappa shape index (κ3) is 2.16. The second-order valence-corrected chi connectivity index (χ2v) is 6.34. The smallest absolute Gasteiger partial charge is 0.316 e. The van der Waals surface area contributed by atoms with Crippen molar-refractivity contribution in [1.82, 2.24) is 0 Å². The number of aliphatic carboxylic acids is 2. The molecular weight excluding hydrogens is 306 g/mol. The van der Waals surface area contributed by atoms with E-state index in [1.807, 2.05) is 0 Å². The van der Waals surface area contributed by atoms with E-state index in [2.05, 4.69) is 0 Å². The maximum atomic E-state index is 12.1. The first-order valence-corrected chi connectivity index (χ1v) is 7.25. The van der Waals surface area contributed by atoms with Crippen molar-refractivity contribution in [2.45, 2.75) is 31.1 Å². The third-order valence-electron chi connectivity index (χ3n) is 4.45. The summed E-state index contributed by atoms with van der Waals surface area (Å²) >= 11 is 6.44. The van der Waals surface area contributed by atoms with Crippen molar-refractivity contribution in [2.24, 2.45) is 5.41 Å². The van der Waals surface area contributed by atoms with Crippen molar-refractivity contribution >= 4 is 29.2 Å². The number of benzene rings is 1. The predicted octanol–water partition coefficient (Wildman–Crippen LogP) is 2.56. The Labute approximate surface area is 133 Å². The minimum absolute atomic E-state index is 0.115. The van der Waals surface area contributed by atoms with E-state index in [4.69, 9.17) is 17.3 Å². The van der Waals surface area contributed by atoms with E-state index in [1.165, 1.54) is 13.0 Å². The molecule has 0 spiro atoms. The number of allylic oxidation sites excluding steroid dienone is 1. The van der Waals surface area contributed by atoms with Crippen molar-refractivity contribution in [2.75, 3.05) is 5.73 Å². The van der Waals surface area contributed by atoms with Crippen LogP contribution in [0.4, 0.5) is 5.69 Å². The topological polar surface area (TPSA) is 101 Å². The van der Waals surface area contributed by atoms with Gasteiger partial charge in [-0.05, 0) is 43.5 Å². The van der Waals surface area contributed by atoms with Gasteiger partial charge in [-0.25, -0.2) is 0 Å². The van der Waals surface area contributed by atoms with Gasteiger partial charge in [0.15, 0.2) is 0 Å². The minimum atomic E-state index is -1.54. The third-order valence-corrected chi connectivity index (χ3v) is 5.27. The molecule has 0 amide bonds. The number of nitrogens with two attached hydrogens (primary N) is 1. The summed E-state index contributed by atoms with van der Waals surface area (Å²) in [7, 11) is 0. The summed E-state index contributed by atoms with van der Waals surface area (Å²) in [5, 5.41) is 18.2. The lowest BCUT2D eigenvalue weighted by Crippen LogP contribution is -2.55. The average Bonchev–Trinajstić information content (AvgIpc) is 2.44. The summed E-state index contributed by atoms with van der Waals surface area (Å²) in [4.78, 5) is 23.7. The summed E-state index contributed by atoms with van der Waals surface area (Å²) < 4.78 is 0. The quantitative estimate of drug-likeness (QED) is 0.451. The highest BCUT2D eigenvalue weighted by Gasteiger charge is 2.58. The summed E-state index contributed by atoms with van der Waals surface area (Å²) in [6, 6.07) is 4.96. The van der Waals surface area contributed by atoms with Crippen LogP contribution >= 0.6 is 11.6 Å². The van der Waals surface area contributed by atoms with Gasteiger partial charge >= 0.3 is 11.9 Å². The number of hydrogen-bond donors (Lipinski definition) is 3. The number of anilines is 1. The van der Waals surface area contributed by atoms with Crippen LogP contribution in [0, 0.1) is 12.3 Å². The Morgan fingerprint density at radius 2 is 1.95 bits per heavy atom. The van der Waals surface area contributed by atoms with Gasteiger partial charge in [-0.2, -0.15) is 0 Å². The van der Waals surface area contributed by atoms with Crippen molar-refractivity contribution in [1.29, 1.82) is 0 Å². The molecule has 0 saturated carbocycles. The Morgan fingerprint density at radius 3 is 2.50 bits per heavy atom. The SMILES string of the molecule is Cc1ccc(N)cc1C1(C(=O)O)CC=CC(C)(C(=O)O)C1Cl. The van der Waals surface area contributed by atoms with Gasteiger partial charge in [0.2, 0.25) is 0 Å². The zero-order valence-corrected chi connectivity index (χ0v) is 13.1. The normalized spacial score (nSPS) is 31.0. The van der Waals surface area contributed by atoms with Gasteiger partial charge in [-0.1, -0.05) is 18.2 Å². The molecule has 0 saturated heterocycles. The van der Waals surface area contributed by atoms with Gasteiger partial charge in [0.25, 0.3) is 0 Å². The zero-order valence-electron chi connectivity index (χ0n) is 12.3. The van der Waals surface area contributed by atoms with Crippen LogP contribution in [0.3, 0.4) is 0 Å². The molecule has 2 rings (SSSR count). The molecule has 1 aromatic carbocycles. The number of hydrogen-bond acceptors (Lipinski definition) is 3. The van der Waals surface area contributed by atoms with E-state index in [9.17, 15) is 19.8 Å². The van der Waals surface area contributed by atoms with E-state index in [1.54, 1.807) is 31.2 Å². The maximum Gasteiger partial charge on any atom is 0.316 e. The number of carboxylic acid groups (broad SMARTS) is 2. The van der Waals surface area contributed by atoms with Crippen LogP contribution in [0.15, 0.2) is 30.4 Å². The maximum absolute atomic E-state index is 12.1. The highest BCUT2D eigenvalue weighted by molar-refractivity contribution is 6.26. The summed E-state index contributed by atoms with van der Waals surface area (Å²) in [5.74, 6) is -2.31. The minimum Gasteiger partial charge on any atom is -0.481 e. The lowest BCUT2D eigenvalue weighted by Gasteiger charge is -2.44. The molecule has 118 valence electrons. The summed E-state index contributed by atoms with van der Waals surface area (Å²) in [5.41, 5.74) is 4.36. The molecule has 4 N–H and O–H groups in total. The largest absolute Gasteiger partial charge is 0.481 e. The Bertz CT molecular complexity index is 672. The van der Waals surface area contributed by atoms with Gasteiger partial charge < -0.3 is 15.9 Å². The first kappa shape index (κ1) is 16.4. The number of halogens is 1. The molecule has 22 heavy (non-hydrogen) atoms. The summed E-state index contributed by atoms with van der Waals surface area (Å²) in [6.45, 7) is 3.20. The second kappa shape index (κ2) is 5.32. The molecule has 0 radical (unpaired) electrons. The monoisotopic (exact) mass is 323 g/mol. The van der Waals surface area contributed by atoms with E-state index >= 15 is 0 Å². The Morgan fingerprint density at radius 1 is 1.32 bits per heavy atom. The predicted molar refractivity (Wildman–Crippen MR) is 84.0 cm³/mol. The fraction of sp³-hybridized carbons (Fsp3) is 0.375. The molecule has 3 atom stereocenters. The molecule has 0 aliphatic heterocycles. The molecule has 1 aliphatic rings. The van der Waals surface area contributed by atoms with Gasteiger partial charge in [-0.15, -0.1) is 11.6 Å². The van der Waals surface area contributed by atoms with Crippen molar-refractivity contribution in [3.8, 4) is 0 Å². The van der Waals surface area contributed by atoms with Crippen LogP contribution in [-0.2, 0) is 15.0 Å². The van der Waals surface area contributed by atoms with Crippen molar-refractivity contribution < 1.29 is 19.8 Å². The fourth-order valence-corrected chi connectivity index (χ4v) is 3.51. The molecule has 5 nitrogen and oxygen atoms in total. The Hall–Kier alpha value is -2.01. The number of rotatable bonds is 3. The molecule has 0 bridgehead atoms. The number of carboxylic acids is 2. The lowest BCUT2D eigenvalue weighted by atomic mass is 9.62. The van der Waals surface area contributed by atoms with E-state index in [0.717, 1.165) is 0 Å². The molecule has 0 heterocycles. The Balaban J connectivity index is 2.74. The molecule has 3 unspecified atom stereocenters. The molecule has 6 heteroatoms. The lowest BCUT2D eigenvalue weighted by molar-refractivity contribution is -0.150. The molecule has 1 aromatic rings. The average molecular weight is 324 g/mol. The first-order chi connectivity index (χ1) is 10.2. The van der Waals surface area contributed by atoms with Crippen molar-refractivity contribution in [3.05, 3.63) is 41.5 Å².